The molecule has 2 rings (SSSR count). The van der Waals surface area contributed by atoms with Gasteiger partial charge in [-0.25, -0.2) is 17.2 Å². The highest BCUT2D eigenvalue weighted by molar-refractivity contribution is 7.90. The van der Waals surface area contributed by atoms with E-state index in [1.165, 1.54) is 0 Å². The molecule has 0 aliphatic carbocycles. The Kier molecular flexibility index (Phi) is 4.12. The van der Waals surface area contributed by atoms with Gasteiger partial charge in [-0.15, -0.1) is 10.2 Å². The second kappa shape index (κ2) is 5.58. The van der Waals surface area contributed by atoms with Crippen LogP contribution in [0.2, 0.25) is 5.15 Å². The lowest BCUT2D eigenvalue weighted by Gasteiger charge is -2.07. The highest BCUT2D eigenvalue weighted by Crippen LogP contribution is 2.27. The van der Waals surface area contributed by atoms with E-state index in [9.17, 15) is 22.0 Å². The van der Waals surface area contributed by atoms with Gasteiger partial charge in [-0.05, 0) is 18.2 Å². The van der Waals surface area contributed by atoms with Crippen LogP contribution >= 0.6 is 11.6 Å². The average molecular weight is 348 g/mol. The third kappa shape index (κ3) is 3.04. The molecule has 0 bridgehead atoms. The van der Waals surface area contributed by atoms with Gasteiger partial charge in [0.2, 0.25) is 0 Å². The van der Waals surface area contributed by atoms with Gasteiger partial charge in [0, 0.05) is 11.8 Å². The zero-order valence-corrected chi connectivity index (χ0v) is 12.5. The van der Waals surface area contributed by atoms with E-state index in [1.807, 2.05) is 0 Å². The van der Waals surface area contributed by atoms with Crippen molar-refractivity contribution in [1.29, 1.82) is 0 Å². The molecule has 22 heavy (non-hydrogen) atoms. The van der Waals surface area contributed by atoms with Crippen molar-refractivity contribution in [3.63, 3.8) is 0 Å². The number of rotatable bonds is 3. The normalized spacial score (nSPS) is 11.5. The number of hydrogen-bond acceptors (Lipinski definition) is 5. The highest BCUT2D eigenvalue weighted by Gasteiger charge is 2.22. The summed E-state index contributed by atoms with van der Waals surface area (Å²) >= 11 is 5.62. The van der Waals surface area contributed by atoms with Crippen LogP contribution in [0.15, 0.2) is 23.1 Å². The number of carbonyl (C=O) groups excluding carboxylic acids is 1. The molecule has 0 atom stereocenters. The van der Waals surface area contributed by atoms with Crippen LogP contribution in [-0.2, 0) is 9.84 Å². The van der Waals surface area contributed by atoms with E-state index in [0.717, 1.165) is 18.2 Å². The zero-order chi connectivity index (χ0) is 16.7. The summed E-state index contributed by atoms with van der Waals surface area (Å²) in [6.45, 7) is 0. The molecule has 1 aromatic heterocycles. The standard InChI is InChI=1S/C12H8ClF2N3O3S/c1-22(20,21)10-7(14)2-5(3-8(10)15)9-4-6(12(16)19)11(13)18-17-9/h2-4H,1H3,(H2,16,19). The van der Waals surface area contributed by atoms with Gasteiger partial charge in [0.05, 0.1) is 11.3 Å². The summed E-state index contributed by atoms with van der Waals surface area (Å²) in [5, 5.41) is 6.79. The van der Waals surface area contributed by atoms with Crippen molar-refractivity contribution in [2.45, 2.75) is 4.90 Å². The maximum absolute atomic E-state index is 13.8. The fraction of sp³-hybridized carbons (Fsp3) is 0.0833. The van der Waals surface area contributed by atoms with Crippen molar-refractivity contribution < 1.29 is 22.0 Å². The third-order valence-electron chi connectivity index (χ3n) is 2.68. The molecule has 116 valence electrons. The fourth-order valence-corrected chi connectivity index (χ4v) is 2.76. The molecule has 1 amide bonds. The van der Waals surface area contributed by atoms with Crippen LogP contribution in [0, 0.1) is 11.6 Å². The molecule has 0 aliphatic rings. The van der Waals surface area contributed by atoms with E-state index in [-0.39, 0.29) is 22.0 Å². The third-order valence-corrected chi connectivity index (χ3v) is 4.09. The largest absolute Gasteiger partial charge is 0.366 e. The Hall–Kier alpha value is -2.13. The van der Waals surface area contributed by atoms with Crippen molar-refractivity contribution in [3.05, 3.63) is 40.6 Å². The number of hydrogen-bond donors (Lipinski definition) is 1. The van der Waals surface area contributed by atoms with Gasteiger partial charge < -0.3 is 5.73 Å². The molecular formula is C12H8ClF2N3O3S. The molecular weight excluding hydrogens is 340 g/mol. The Morgan fingerprint density at radius 1 is 1.18 bits per heavy atom. The summed E-state index contributed by atoms with van der Waals surface area (Å²) in [5.74, 6) is -3.46. The quantitative estimate of drug-likeness (QED) is 0.907. The SMILES string of the molecule is CS(=O)(=O)c1c(F)cc(-c2cc(C(N)=O)c(Cl)nn2)cc1F. The first-order valence-electron chi connectivity index (χ1n) is 5.63. The number of primary amides is 1. The van der Waals surface area contributed by atoms with Crippen molar-refractivity contribution >= 4 is 27.3 Å². The van der Waals surface area contributed by atoms with Gasteiger partial charge in [0.25, 0.3) is 5.91 Å². The van der Waals surface area contributed by atoms with E-state index < -0.39 is 32.3 Å². The number of carbonyl (C=O) groups is 1. The highest BCUT2D eigenvalue weighted by atomic mass is 35.5. The van der Waals surface area contributed by atoms with Gasteiger partial charge in [-0.1, -0.05) is 11.6 Å². The van der Waals surface area contributed by atoms with Gasteiger partial charge in [-0.3, -0.25) is 4.79 Å². The number of sulfone groups is 1. The maximum Gasteiger partial charge on any atom is 0.251 e. The lowest BCUT2D eigenvalue weighted by Crippen LogP contribution is -2.13. The molecule has 2 aromatic rings. The molecule has 0 spiro atoms. The van der Waals surface area contributed by atoms with Gasteiger partial charge in [-0.2, -0.15) is 0 Å². The number of nitrogens with zero attached hydrogens (tertiary/aromatic N) is 2. The minimum absolute atomic E-state index is 0.0870. The molecule has 6 nitrogen and oxygen atoms in total. The summed E-state index contributed by atoms with van der Waals surface area (Å²) < 4.78 is 50.3. The van der Waals surface area contributed by atoms with Gasteiger partial charge in [0.1, 0.15) is 16.5 Å². The van der Waals surface area contributed by atoms with Crippen molar-refractivity contribution in [3.8, 4) is 11.3 Å². The maximum atomic E-state index is 13.8. The Bertz CT molecular complexity index is 864. The van der Waals surface area contributed by atoms with E-state index in [1.54, 1.807) is 0 Å². The fourth-order valence-electron chi connectivity index (χ4n) is 1.75. The summed E-state index contributed by atoms with van der Waals surface area (Å²) in [6.07, 6.45) is 0.682. The van der Waals surface area contributed by atoms with E-state index in [0.29, 0.717) is 6.26 Å². The molecule has 10 heteroatoms. The summed E-state index contributed by atoms with van der Waals surface area (Å²) in [7, 11) is -4.07. The van der Waals surface area contributed by atoms with Crippen LogP contribution < -0.4 is 5.73 Å². The predicted octanol–water partition coefficient (Wildman–Crippen LogP) is 1.58. The Balaban J connectivity index is 2.65. The molecule has 0 saturated heterocycles. The first kappa shape index (κ1) is 16.2. The van der Waals surface area contributed by atoms with Gasteiger partial charge in [0.15, 0.2) is 15.0 Å². The predicted molar refractivity (Wildman–Crippen MR) is 74.0 cm³/mol. The molecule has 0 unspecified atom stereocenters. The van der Waals surface area contributed by atoms with E-state index in [4.69, 9.17) is 17.3 Å². The summed E-state index contributed by atoms with van der Waals surface area (Å²) in [4.78, 5) is 10.1. The second-order valence-corrected chi connectivity index (χ2v) is 6.65. The topological polar surface area (TPSA) is 103 Å². The molecule has 1 heterocycles. The molecule has 1 aromatic carbocycles. The van der Waals surface area contributed by atoms with E-state index >= 15 is 0 Å². The summed E-state index contributed by atoms with van der Waals surface area (Å²) in [6, 6.07) is 2.64. The lowest BCUT2D eigenvalue weighted by atomic mass is 10.1. The number of halogens is 3. The van der Waals surface area contributed by atoms with Gasteiger partial charge >= 0.3 is 0 Å². The van der Waals surface area contributed by atoms with Crippen molar-refractivity contribution in [1.82, 2.24) is 10.2 Å². The van der Waals surface area contributed by atoms with Crippen molar-refractivity contribution in [2.75, 3.05) is 6.26 Å². The second-order valence-electron chi connectivity index (χ2n) is 4.34. The van der Waals surface area contributed by atoms with Crippen molar-refractivity contribution in [2.24, 2.45) is 5.73 Å². The number of aromatic nitrogens is 2. The molecule has 0 aliphatic heterocycles. The van der Waals surface area contributed by atoms with Crippen LogP contribution in [0.3, 0.4) is 0 Å². The molecule has 0 fully saturated rings. The first-order valence-corrected chi connectivity index (χ1v) is 7.90. The van der Waals surface area contributed by atoms with Crippen LogP contribution in [0.1, 0.15) is 10.4 Å². The van der Waals surface area contributed by atoms with Crippen LogP contribution in [0.5, 0.6) is 0 Å². The lowest BCUT2D eigenvalue weighted by molar-refractivity contribution is 0.1000. The Labute approximate surface area is 128 Å². The molecule has 0 saturated carbocycles. The monoisotopic (exact) mass is 347 g/mol. The summed E-state index contributed by atoms with van der Waals surface area (Å²) in [5.41, 5.74) is 4.70. The minimum atomic E-state index is -4.07. The Morgan fingerprint density at radius 3 is 2.18 bits per heavy atom. The smallest absolute Gasteiger partial charge is 0.251 e. The zero-order valence-electron chi connectivity index (χ0n) is 11.0. The van der Waals surface area contributed by atoms with Crippen LogP contribution in [0.4, 0.5) is 8.78 Å². The first-order chi connectivity index (χ1) is 10.1. The van der Waals surface area contributed by atoms with Crippen LogP contribution in [-0.4, -0.2) is 30.8 Å². The number of nitrogens with two attached hydrogens (primary N) is 1. The number of benzene rings is 1. The van der Waals surface area contributed by atoms with E-state index in [2.05, 4.69) is 10.2 Å². The number of amides is 1. The minimum Gasteiger partial charge on any atom is -0.366 e. The molecule has 0 radical (unpaired) electrons. The molecule has 2 N–H and O–H groups in total. The van der Waals surface area contributed by atoms with Crippen LogP contribution in [0.25, 0.3) is 11.3 Å². The average Bonchev–Trinajstić information content (AvgIpc) is 2.36. The Morgan fingerprint density at radius 2 is 1.73 bits per heavy atom.